The molecule has 0 spiro atoms. The number of hydrogen-bond donors (Lipinski definition) is 0. The van der Waals surface area contributed by atoms with E-state index in [9.17, 15) is 9.79 Å². The van der Waals surface area contributed by atoms with E-state index in [1.54, 1.807) is 0 Å². The van der Waals surface area contributed by atoms with Gasteiger partial charge in [0.05, 0.1) is 0 Å². The van der Waals surface area contributed by atoms with Crippen molar-refractivity contribution in [1.82, 2.24) is 0 Å². The molecule has 0 saturated carbocycles. The Bertz CT molecular complexity index is 129. The average Bonchev–Trinajstić information content (AvgIpc) is 1.62. The van der Waals surface area contributed by atoms with Gasteiger partial charge in [-0.25, -0.2) is 0 Å². The summed E-state index contributed by atoms with van der Waals surface area (Å²) in [6, 6.07) is 0. The van der Waals surface area contributed by atoms with Gasteiger partial charge in [0.25, 0.3) is 0 Å². The minimum absolute atomic E-state index is 0. The summed E-state index contributed by atoms with van der Waals surface area (Å²) in [6.07, 6.45) is 0.841. The SMILES string of the molecule is CCC(C)SP([O-])([O-])=S.[Na+].[Na+]. The molecule has 0 aromatic carbocycles. The molecule has 0 aliphatic heterocycles. The molecule has 0 saturated heterocycles. The van der Waals surface area contributed by atoms with Gasteiger partial charge in [0, 0.05) is 5.25 Å². The van der Waals surface area contributed by atoms with E-state index in [0.717, 1.165) is 17.8 Å². The molecule has 56 valence electrons. The van der Waals surface area contributed by atoms with Gasteiger partial charge in [-0.05, 0) is 6.42 Å². The summed E-state index contributed by atoms with van der Waals surface area (Å²) in [5.41, 5.74) is -3.49. The van der Waals surface area contributed by atoms with E-state index in [0.29, 0.717) is 0 Å². The Morgan fingerprint density at radius 3 is 1.91 bits per heavy atom. The Hall–Kier alpha value is 2.92. The standard InChI is InChI=1S/C4H11O2PS2.2Na/c1-3-4(2)9-7(5,6)8;;/h4H,3H2,1-2H3,(H2,5,6,8);;/q;2*+1/p-2. The first-order valence-corrected chi connectivity index (χ1v) is 6.78. The monoisotopic (exact) mass is 230 g/mol. The Balaban J connectivity index is -0.000000320. The van der Waals surface area contributed by atoms with Gasteiger partial charge in [0.1, 0.15) is 0 Å². The molecule has 7 heteroatoms. The molecule has 0 bridgehead atoms. The van der Waals surface area contributed by atoms with Crippen molar-refractivity contribution < 1.29 is 68.9 Å². The van der Waals surface area contributed by atoms with Gasteiger partial charge < -0.3 is 9.79 Å². The zero-order valence-electron chi connectivity index (χ0n) is 7.36. The van der Waals surface area contributed by atoms with Crippen LogP contribution in [-0.4, -0.2) is 5.25 Å². The molecule has 0 aliphatic rings. The second-order valence-corrected chi connectivity index (χ2v) is 7.89. The molecule has 0 aromatic heterocycles. The molecule has 0 aliphatic carbocycles. The second kappa shape index (κ2) is 9.47. The fourth-order valence-corrected chi connectivity index (χ4v) is 3.98. The van der Waals surface area contributed by atoms with Gasteiger partial charge in [0.2, 0.25) is 0 Å². The summed E-state index contributed by atoms with van der Waals surface area (Å²) >= 11 is 5.06. The van der Waals surface area contributed by atoms with Crippen molar-refractivity contribution >= 4 is 28.9 Å². The van der Waals surface area contributed by atoms with E-state index >= 15 is 0 Å². The number of rotatable bonds is 3. The van der Waals surface area contributed by atoms with Gasteiger partial charge >= 0.3 is 59.1 Å². The van der Waals surface area contributed by atoms with E-state index < -0.39 is 5.69 Å². The molecule has 0 heterocycles. The molecule has 0 radical (unpaired) electrons. The van der Waals surface area contributed by atoms with Gasteiger partial charge in [0.15, 0.2) is 0 Å². The predicted octanol–water partition coefficient (Wildman–Crippen LogP) is -5.53. The van der Waals surface area contributed by atoms with Gasteiger partial charge in [-0.3, -0.25) is 0 Å². The Morgan fingerprint density at radius 1 is 1.45 bits per heavy atom. The molecule has 0 rings (SSSR count). The van der Waals surface area contributed by atoms with Gasteiger partial charge in [-0.15, -0.1) is 11.8 Å². The van der Waals surface area contributed by atoms with Crippen LogP contribution in [0.2, 0.25) is 0 Å². The van der Waals surface area contributed by atoms with Crippen molar-refractivity contribution in [2.24, 2.45) is 0 Å². The maximum absolute atomic E-state index is 10.4. The van der Waals surface area contributed by atoms with E-state index in [1.165, 1.54) is 0 Å². The van der Waals surface area contributed by atoms with Crippen LogP contribution >= 0.6 is 17.1 Å². The first-order chi connectivity index (χ1) is 3.95. The maximum Gasteiger partial charge on any atom is 1.00 e. The van der Waals surface area contributed by atoms with E-state index in [2.05, 4.69) is 11.8 Å². The van der Waals surface area contributed by atoms with Gasteiger partial charge in [-0.2, -0.15) is 17.1 Å². The normalized spacial score (nSPS) is 12.7. The smallest absolute Gasteiger partial charge is 0.825 e. The van der Waals surface area contributed by atoms with E-state index in [1.807, 2.05) is 13.8 Å². The van der Waals surface area contributed by atoms with Crippen molar-refractivity contribution in [3.05, 3.63) is 0 Å². The van der Waals surface area contributed by atoms with Crippen molar-refractivity contribution in [3.8, 4) is 0 Å². The van der Waals surface area contributed by atoms with Crippen LogP contribution in [0.15, 0.2) is 0 Å². The molecule has 0 fully saturated rings. The van der Waals surface area contributed by atoms with Crippen molar-refractivity contribution in [3.63, 3.8) is 0 Å². The summed E-state index contributed by atoms with van der Waals surface area (Å²) in [6.45, 7) is 3.78. The van der Waals surface area contributed by atoms with Crippen molar-refractivity contribution in [2.75, 3.05) is 0 Å². The summed E-state index contributed by atoms with van der Waals surface area (Å²) in [7, 11) is 0. The summed E-state index contributed by atoms with van der Waals surface area (Å²) in [4.78, 5) is 20.8. The largest absolute Gasteiger partial charge is 1.00 e. The fraction of sp³-hybridized carbons (Fsp3) is 1.00. The summed E-state index contributed by atoms with van der Waals surface area (Å²) in [5.74, 6) is 0. The van der Waals surface area contributed by atoms with Gasteiger partial charge in [-0.1, -0.05) is 13.8 Å². The van der Waals surface area contributed by atoms with Crippen LogP contribution in [0.3, 0.4) is 0 Å². The average molecular weight is 230 g/mol. The Morgan fingerprint density at radius 2 is 1.82 bits per heavy atom. The Labute approximate surface area is 121 Å². The zero-order valence-corrected chi connectivity index (χ0v) is 13.9. The zero-order chi connectivity index (χ0) is 7.49. The van der Waals surface area contributed by atoms with Crippen LogP contribution in [0.4, 0.5) is 0 Å². The quantitative estimate of drug-likeness (QED) is 0.358. The third kappa shape index (κ3) is 15.7. The molecule has 0 amide bonds. The maximum atomic E-state index is 10.4. The molecule has 1 unspecified atom stereocenters. The first kappa shape index (κ1) is 19.5. The molecule has 0 aromatic rings. The molecular weight excluding hydrogens is 221 g/mol. The van der Waals surface area contributed by atoms with Crippen LogP contribution in [0.1, 0.15) is 20.3 Å². The van der Waals surface area contributed by atoms with Crippen molar-refractivity contribution in [2.45, 2.75) is 25.5 Å². The molecular formula is C4H9Na2O2PS2. The van der Waals surface area contributed by atoms with Crippen LogP contribution < -0.4 is 68.9 Å². The van der Waals surface area contributed by atoms with Crippen LogP contribution in [-0.2, 0) is 11.8 Å². The number of hydrogen-bond acceptors (Lipinski definition) is 4. The first-order valence-electron chi connectivity index (χ1n) is 2.66. The van der Waals surface area contributed by atoms with E-state index in [4.69, 9.17) is 0 Å². The minimum atomic E-state index is -3.49. The summed E-state index contributed by atoms with van der Waals surface area (Å²) in [5, 5.41) is 0.130. The summed E-state index contributed by atoms with van der Waals surface area (Å²) < 4.78 is 0. The predicted molar refractivity (Wildman–Crippen MR) is 41.6 cm³/mol. The van der Waals surface area contributed by atoms with Crippen LogP contribution in [0, 0.1) is 0 Å². The topological polar surface area (TPSA) is 46.1 Å². The second-order valence-electron chi connectivity index (χ2n) is 1.77. The van der Waals surface area contributed by atoms with Crippen molar-refractivity contribution in [1.29, 1.82) is 0 Å². The third-order valence-electron chi connectivity index (χ3n) is 0.884. The fourth-order valence-electron chi connectivity index (χ4n) is 0.295. The van der Waals surface area contributed by atoms with Crippen LogP contribution in [0.25, 0.3) is 0 Å². The molecule has 11 heavy (non-hydrogen) atoms. The molecule has 0 N–H and O–H groups in total. The molecule has 1 atom stereocenters. The van der Waals surface area contributed by atoms with E-state index in [-0.39, 0.29) is 64.4 Å². The molecule has 2 nitrogen and oxygen atoms in total. The van der Waals surface area contributed by atoms with Crippen LogP contribution in [0.5, 0.6) is 0 Å². The minimum Gasteiger partial charge on any atom is -0.825 e. The Kier molecular flexibility index (Phi) is 16.8. The third-order valence-corrected chi connectivity index (χ3v) is 4.46.